The zero-order valence-corrected chi connectivity index (χ0v) is 18.3. The monoisotopic (exact) mass is 444 g/mol. The molecule has 1 N–H and O–H groups in total. The van der Waals surface area contributed by atoms with Crippen molar-refractivity contribution in [2.45, 2.75) is 38.7 Å². The fourth-order valence-corrected chi connectivity index (χ4v) is 4.40. The first kappa shape index (κ1) is 22.1. The van der Waals surface area contributed by atoms with Gasteiger partial charge >= 0.3 is 12.1 Å². The topological polar surface area (TPSA) is 82.2 Å². The quantitative estimate of drug-likeness (QED) is 0.774. The molecule has 1 aromatic rings. The van der Waals surface area contributed by atoms with E-state index in [0.717, 1.165) is 31.5 Å². The van der Waals surface area contributed by atoms with Gasteiger partial charge in [-0.3, -0.25) is 9.69 Å². The van der Waals surface area contributed by atoms with Gasteiger partial charge in [0.05, 0.1) is 18.8 Å². The number of ether oxygens (including phenoxy) is 1. The minimum absolute atomic E-state index is 0.0668. The number of benzene rings is 1. The molecule has 4 amide bonds. The Hall–Kier alpha value is -3.10. The Kier molecular flexibility index (Phi) is 6.62. The van der Waals surface area contributed by atoms with Gasteiger partial charge in [0.25, 0.3) is 0 Å². The molecule has 0 unspecified atom stereocenters. The van der Waals surface area contributed by atoms with Crippen LogP contribution in [-0.2, 0) is 9.53 Å². The number of hydrogen-bond acceptors (Lipinski definition) is 4. The van der Waals surface area contributed by atoms with Gasteiger partial charge in [-0.1, -0.05) is 6.08 Å². The van der Waals surface area contributed by atoms with E-state index in [1.165, 1.54) is 24.3 Å². The van der Waals surface area contributed by atoms with Crippen LogP contribution in [0.4, 0.5) is 19.7 Å². The van der Waals surface area contributed by atoms with Crippen LogP contribution in [0.5, 0.6) is 0 Å². The zero-order chi connectivity index (χ0) is 22.7. The van der Waals surface area contributed by atoms with E-state index in [0.29, 0.717) is 30.8 Å². The molecule has 3 heterocycles. The van der Waals surface area contributed by atoms with E-state index in [1.54, 1.807) is 12.1 Å². The number of carbonyl (C=O) groups is 3. The molecule has 32 heavy (non-hydrogen) atoms. The predicted molar refractivity (Wildman–Crippen MR) is 118 cm³/mol. The number of nitrogens with one attached hydrogen (secondary N) is 1. The highest BCUT2D eigenvalue weighted by molar-refractivity contribution is 5.90. The molecule has 8 nitrogen and oxygen atoms in total. The summed E-state index contributed by atoms with van der Waals surface area (Å²) >= 11 is 0. The van der Waals surface area contributed by atoms with E-state index in [4.69, 9.17) is 4.74 Å². The first-order valence-corrected chi connectivity index (χ1v) is 11.2. The smallest absolute Gasteiger partial charge is 0.414 e. The highest BCUT2D eigenvalue weighted by Gasteiger charge is 2.33. The third-order valence-electron chi connectivity index (χ3n) is 6.17. The van der Waals surface area contributed by atoms with Gasteiger partial charge in [-0.2, -0.15) is 0 Å². The second-order valence-corrected chi connectivity index (χ2v) is 8.47. The van der Waals surface area contributed by atoms with Gasteiger partial charge in [0, 0.05) is 38.7 Å². The number of urea groups is 1. The first-order valence-electron chi connectivity index (χ1n) is 11.2. The Morgan fingerprint density at radius 3 is 2.59 bits per heavy atom. The number of halogens is 1. The average molecular weight is 445 g/mol. The lowest BCUT2D eigenvalue weighted by atomic mass is 9.98. The molecule has 9 heteroatoms. The molecule has 172 valence electrons. The summed E-state index contributed by atoms with van der Waals surface area (Å²) in [5.74, 6) is -0.616. The van der Waals surface area contributed by atoms with Gasteiger partial charge in [-0.25, -0.2) is 14.0 Å². The highest BCUT2D eigenvalue weighted by Crippen LogP contribution is 2.30. The lowest BCUT2D eigenvalue weighted by Gasteiger charge is -2.34. The van der Waals surface area contributed by atoms with Gasteiger partial charge in [-0.05, 0) is 49.5 Å². The maximum absolute atomic E-state index is 14.9. The number of piperidine rings is 1. The molecule has 3 aliphatic heterocycles. The fourth-order valence-electron chi connectivity index (χ4n) is 4.40. The summed E-state index contributed by atoms with van der Waals surface area (Å²) in [6.07, 6.45) is 4.74. The van der Waals surface area contributed by atoms with Gasteiger partial charge in [-0.15, -0.1) is 0 Å². The van der Waals surface area contributed by atoms with Crippen molar-refractivity contribution >= 4 is 29.3 Å². The second-order valence-electron chi connectivity index (χ2n) is 8.47. The van der Waals surface area contributed by atoms with Crippen molar-refractivity contribution in [2.75, 3.05) is 44.2 Å². The van der Waals surface area contributed by atoms with Crippen molar-refractivity contribution in [3.63, 3.8) is 0 Å². The Bertz CT molecular complexity index is 929. The molecule has 0 aromatic heterocycles. The van der Waals surface area contributed by atoms with Crippen LogP contribution in [-0.4, -0.2) is 73.2 Å². The van der Waals surface area contributed by atoms with Crippen LogP contribution in [0, 0.1) is 5.82 Å². The number of amides is 4. The molecule has 0 spiro atoms. The van der Waals surface area contributed by atoms with E-state index in [-0.39, 0.29) is 25.0 Å². The van der Waals surface area contributed by atoms with Crippen LogP contribution in [0.2, 0.25) is 0 Å². The molecule has 2 fully saturated rings. The maximum Gasteiger partial charge on any atom is 0.414 e. The Labute approximate surface area is 187 Å². The molecular weight excluding hydrogens is 415 g/mol. The molecule has 3 aliphatic rings. The van der Waals surface area contributed by atoms with Crippen molar-refractivity contribution in [2.24, 2.45) is 0 Å². The SMILES string of the molecule is CC(=O)NC[C@H]1CN(c2ccc(C3=CCN(C(=O)N4CCCCC4)CC3)c(F)c2)C(=O)O1. The number of carbonyl (C=O) groups excluding carboxylic acids is 3. The van der Waals surface area contributed by atoms with Gasteiger partial charge < -0.3 is 19.9 Å². The van der Waals surface area contributed by atoms with Crippen LogP contribution in [0.1, 0.15) is 38.2 Å². The number of rotatable bonds is 4. The lowest BCUT2D eigenvalue weighted by Crippen LogP contribution is -2.46. The zero-order valence-electron chi connectivity index (χ0n) is 18.3. The molecule has 4 rings (SSSR count). The highest BCUT2D eigenvalue weighted by atomic mass is 19.1. The van der Waals surface area contributed by atoms with Gasteiger partial charge in [0.1, 0.15) is 11.9 Å². The lowest BCUT2D eigenvalue weighted by molar-refractivity contribution is -0.119. The van der Waals surface area contributed by atoms with E-state index < -0.39 is 18.0 Å². The van der Waals surface area contributed by atoms with Crippen molar-refractivity contribution in [1.82, 2.24) is 15.1 Å². The summed E-state index contributed by atoms with van der Waals surface area (Å²) in [7, 11) is 0. The summed E-state index contributed by atoms with van der Waals surface area (Å²) in [5.41, 5.74) is 1.77. The van der Waals surface area contributed by atoms with E-state index in [9.17, 15) is 18.8 Å². The first-order chi connectivity index (χ1) is 15.4. The third-order valence-corrected chi connectivity index (χ3v) is 6.17. The van der Waals surface area contributed by atoms with E-state index in [1.807, 2.05) is 15.9 Å². The molecule has 0 aliphatic carbocycles. The fraction of sp³-hybridized carbons (Fsp3) is 0.522. The summed E-state index contributed by atoms with van der Waals surface area (Å²) in [4.78, 5) is 41.0. The van der Waals surface area contributed by atoms with Gasteiger partial charge in [0.2, 0.25) is 5.91 Å². The van der Waals surface area contributed by atoms with Crippen molar-refractivity contribution < 1.29 is 23.5 Å². The minimum atomic E-state index is -0.559. The van der Waals surface area contributed by atoms with Crippen LogP contribution in [0.3, 0.4) is 0 Å². The predicted octanol–water partition coefficient (Wildman–Crippen LogP) is 2.98. The normalized spacial score (nSPS) is 21.3. The standard InChI is InChI=1S/C23H29FN4O4/c1-16(29)25-14-19-15-28(23(31)32-19)18-5-6-20(21(24)13-18)17-7-11-27(12-8-17)22(30)26-9-3-2-4-10-26/h5-7,13,19H,2-4,8-12,14-15H2,1H3,(H,25,29)/t19-/m0/s1. The average Bonchev–Trinajstić information content (AvgIpc) is 3.18. The van der Waals surface area contributed by atoms with Crippen LogP contribution in [0.25, 0.3) is 5.57 Å². The van der Waals surface area contributed by atoms with Crippen LogP contribution < -0.4 is 10.2 Å². The van der Waals surface area contributed by atoms with Crippen molar-refractivity contribution in [1.29, 1.82) is 0 Å². The van der Waals surface area contributed by atoms with Crippen LogP contribution >= 0.6 is 0 Å². The van der Waals surface area contributed by atoms with Crippen molar-refractivity contribution in [3.05, 3.63) is 35.7 Å². The molecule has 1 atom stereocenters. The van der Waals surface area contributed by atoms with Crippen LogP contribution in [0.15, 0.2) is 24.3 Å². The van der Waals surface area contributed by atoms with Crippen molar-refractivity contribution in [3.8, 4) is 0 Å². The molecule has 2 saturated heterocycles. The number of anilines is 1. The second kappa shape index (κ2) is 9.58. The van der Waals surface area contributed by atoms with Gasteiger partial charge in [0.15, 0.2) is 0 Å². The number of cyclic esters (lactones) is 1. The van der Waals surface area contributed by atoms with E-state index in [2.05, 4.69) is 5.32 Å². The Balaban J connectivity index is 1.39. The summed E-state index contributed by atoms with van der Waals surface area (Å²) < 4.78 is 20.2. The number of hydrogen-bond donors (Lipinski definition) is 1. The summed E-state index contributed by atoms with van der Waals surface area (Å²) in [5, 5.41) is 2.62. The largest absolute Gasteiger partial charge is 0.442 e. The number of nitrogens with zero attached hydrogens (tertiary/aromatic N) is 3. The number of likely N-dealkylation sites (tertiary alicyclic amines) is 1. The molecule has 0 radical (unpaired) electrons. The van der Waals surface area contributed by atoms with E-state index >= 15 is 0 Å². The molecule has 0 bridgehead atoms. The molecular formula is C23H29FN4O4. The Morgan fingerprint density at radius 1 is 1.16 bits per heavy atom. The molecule has 0 saturated carbocycles. The Morgan fingerprint density at radius 2 is 1.94 bits per heavy atom. The summed E-state index contributed by atoms with van der Waals surface area (Å²) in [6.45, 7) is 4.51. The minimum Gasteiger partial charge on any atom is -0.442 e. The maximum atomic E-state index is 14.9. The third kappa shape index (κ3) is 4.87. The molecule has 1 aromatic carbocycles. The summed E-state index contributed by atoms with van der Waals surface area (Å²) in [6, 6.07) is 4.78.